The maximum absolute atomic E-state index is 12.4. The van der Waals surface area contributed by atoms with Crippen molar-refractivity contribution in [1.82, 2.24) is 25.2 Å². The van der Waals surface area contributed by atoms with Crippen LogP contribution in [0.1, 0.15) is 19.8 Å². The zero-order valence-corrected chi connectivity index (χ0v) is 21.4. The van der Waals surface area contributed by atoms with Crippen molar-refractivity contribution in [2.45, 2.75) is 58.2 Å². The molecule has 3 N–H and O–H groups in total. The molecule has 2 aromatic rings. The number of hydrogen-bond acceptors (Lipinski definition) is 5. The fourth-order valence-corrected chi connectivity index (χ4v) is 4.16. The first-order chi connectivity index (χ1) is 13.8. The van der Waals surface area contributed by atoms with Crippen LogP contribution in [0.25, 0.3) is 11.2 Å². The summed E-state index contributed by atoms with van der Waals surface area (Å²) in [7, 11) is -1.09. The first-order valence-corrected chi connectivity index (χ1v) is 14.2. The molecular weight excluding hydrogens is 455 g/mol. The number of carbonyl (C=O) groups is 1. The number of urea groups is 1. The molecule has 3 rings (SSSR count). The van der Waals surface area contributed by atoms with E-state index in [-0.39, 0.29) is 36.9 Å². The van der Waals surface area contributed by atoms with Crippen molar-refractivity contribution in [3.8, 4) is 0 Å². The standard InChI is InChI=1S/C20H34N6O2Si.2ClH/c1-15-5-8-21-9-6-16(15)24-20(27)25-18-13-22-19-17(23-18)7-10-26(19)14-28-11-12-29(2,3)4;;/h7,10,13,15-16,21H,5-6,8-9,11-12,14H2,1-4H3,(H2,23,24,25,27);2*1H/t15-,16+;;/m0../s1. The van der Waals surface area contributed by atoms with Crippen LogP contribution >= 0.6 is 24.8 Å². The molecule has 2 amide bonds. The lowest BCUT2D eigenvalue weighted by atomic mass is 9.97. The Morgan fingerprint density at radius 2 is 2.03 bits per heavy atom. The Balaban J connectivity index is 0.00000240. The summed E-state index contributed by atoms with van der Waals surface area (Å²) in [5.41, 5.74) is 1.50. The number of carbonyl (C=O) groups excluding carboxylic acids is 1. The van der Waals surface area contributed by atoms with Gasteiger partial charge in [-0.2, -0.15) is 0 Å². The summed E-state index contributed by atoms with van der Waals surface area (Å²) < 4.78 is 7.75. The van der Waals surface area contributed by atoms with Crippen LogP contribution in [0.5, 0.6) is 0 Å². The number of nitrogens with one attached hydrogen (secondary N) is 3. The van der Waals surface area contributed by atoms with Crippen molar-refractivity contribution in [3.63, 3.8) is 0 Å². The van der Waals surface area contributed by atoms with Crippen molar-refractivity contribution in [1.29, 1.82) is 0 Å². The lowest BCUT2D eigenvalue weighted by molar-refractivity contribution is 0.0899. The first kappa shape index (κ1) is 27.6. The maximum atomic E-state index is 12.4. The van der Waals surface area contributed by atoms with Gasteiger partial charge in [0.15, 0.2) is 11.5 Å². The number of nitrogens with zero attached hydrogens (tertiary/aromatic N) is 3. The molecule has 1 saturated heterocycles. The average Bonchev–Trinajstić information content (AvgIpc) is 2.94. The smallest absolute Gasteiger partial charge is 0.320 e. The van der Waals surface area contributed by atoms with Gasteiger partial charge in [-0.3, -0.25) is 5.32 Å². The number of rotatable bonds is 7. The van der Waals surface area contributed by atoms with E-state index in [9.17, 15) is 4.79 Å². The second-order valence-corrected chi connectivity index (χ2v) is 14.7. The number of amides is 2. The molecule has 0 aromatic carbocycles. The molecule has 1 aliphatic heterocycles. The van der Waals surface area contributed by atoms with Gasteiger partial charge in [0, 0.05) is 26.9 Å². The lowest BCUT2D eigenvalue weighted by Crippen LogP contribution is -2.42. The topological polar surface area (TPSA) is 93.1 Å². The Bertz CT molecular complexity index is 830. The summed E-state index contributed by atoms with van der Waals surface area (Å²) >= 11 is 0. The van der Waals surface area contributed by atoms with Gasteiger partial charge in [-0.15, -0.1) is 24.8 Å². The highest BCUT2D eigenvalue weighted by Crippen LogP contribution is 2.16. The van der Waals surface area contributed by atoms with Gasteiger partial charge < -0.3 is 19.9 Å². The zero-order valence-electron chi connectivity index (χ0n) is 18.8. The summed E-state index contributed by atoms with van der Waals surface area (Å²) in [4.78, 5) is 21.4. The van der Waals surface area contributed by atoms with Crippen LogP contribution in [-0.2, 0) is 11.5 Å². The van der Waals surface area contributed by atoms with Crippen LogP contribution in [0.3, 0.4) is 0 Å². The van der Waals surface area contributed by atoms with E-state index in [0.717, 1.165) is 49.7 Å². The quantitative estimate of drug-likeness (QED) is 0.401. The van der Waals surface area contributed by atoms with Crippen LogP contribution in [0.2, 0.25) is 25.7 Å². The van der Waals surface area contributed by atoms with Crippen molar-refractivity contribution >= 4 is 55.9 Å². The minimum Gasteiger partial charge on any atom is -0.361 e. The molecule has 0 unspecified atom stereocenters. The van der Waals surface area contributed by atoms with E-state index in [1.165, 1.54) is 0 Å². The third-order valence-corrected chi connectivity index (χ3v) is 7.05. The molecule has 31 heavy (non-hydrogen) atoms. The van der Waals surface area contributed by atoms with Crippen LogP contribution in [-0.4, -0.2) is 54.4 Å². The molecule has 0 aliphatic carbocycles. The van der Waals surface area contributed by atoms with Crippen molar-refractivity contribution < 1.29 is 9.53 Å². The van der Waals surface area contributed by atoms with Gasteiger partial charge in [-0.25, -0.2) is 14.8 Å². The van der Waals surface area contributed by atoms with Gasteiger partial charge in [0.05, 0.1) is 6.20 Å². The Morgan fingerprint density at radius 3 is 2.77 bits per heavy atom. The van der Waals surface area contributed by atoms with Gasteiger partial charge in [0.2, 0.25) is 0 Å². The lowest BCUT2D eigenvalue weighted by Gasteiger charge is -2.22. The van der Waals surface area contributed by atoms with E-state index < -0.39 is 8.07 Å². The fraction of sp³-hybridized carbons (Fsp3) is 0.650. The van der Waals surface area contributed by atoms with E-state index in [0.29, 0.717) is 18.5 Å². The van der Waals surface area contributed by atoms with Gasteiger partial charge in [-0.05, 0) is 44.0 Å². The number of fused-ring (bicyclic) bond motifs is 1. The highest BCUT2D eigenvalue weighted by molar-refractivity contribution is 6.76. The van der Waals surface area contributed by atoms with Gasteiger partial charge in [-0.1, -0.05) is 26.6 Å². The Kier molecular flexibility index (Phi) is 11.2. The van der Waals surface area contributed by atoms with Crippen LogP contribution in [0, 0.1) is 5.92 Å². The predicted molar refractivity (Wildman–Crippen MR) is 133 cm³/mol. The number of hydrogen-bond donors (Lipinski definition) is 3. The minimum absolute atomic E-state index is 0. The second-order valence-electron chi connectivity index (χ2n) is 9.11. The SMILES string of the molecule is C[C@H]1CCNCC[C@H]1NC(=O)Nc1cnc2c(ccn2COCC[Si](C)(C)C)n1.Cl.Cl. The van der Waals surface area contributed by atoms with E-state index >= 15 is 0 Å². The Hall–Kier alpha value is -1.39. The molecule has 11 heteroatoms. The highest BCUT2D eigenvalue weighted by atomic mass is 35.5. The molecular formula is C20H36Cl2N6O2Si. The predicted octanol–water partition coefficient (Wildman–Crippen LogP) is 4.10. The third-order valence-electron chi connectivity index (χ3n) is 5.34. The summed E-state index contributed by atoms with van der Waals surface area (Å²) in [6, 6.07) is 2.96. The van der Waals surface area contributed by atoms with Crippen molar-refractivity contribution in [2.24, 2.45) is 5.92 Å². The van der Waals surface area contributed by atoms with E-state index in [1.54, 1.807) is 6.20 Å². The third kappa shape index (κ3) is 8.57. The number of ether oxygens (including phenoxy) is 1. The largest absolute Gasteiger partial charge is 0.361 e. The molecule has 0 bridgehead atoms. The number of anilines is 1. The van der Waals surface area contributed by atoms with Crippen LogP contribution < -0.4 is 16.0 Å². The maximum Gasteiger partial charge on any atom is 0.320 e. The first-order valence-electron chi connectivity index (χ1n) is 10.5. The van der Waals surface area contributed by atoms with E-state index in [1.807, 2.05) is 16.8 Å². The van der Waals surface area contributed by atoms with Gasteiger partial charge in [0.1, 0.15) is 12.2 Å². The molecule has 3 heterocycles. The molecule has 2 atom stereocenters. The summed E-state index contributed by atoms with van der Waals surface area (Å²) in [6.07, 6.45) is 5.51. The monoisotopic (exact) mass is 490 g/mol. The van der Waals surface area contributed by atoms with Crippen LogP contribution in [0.4, 0.5) is 10.6 Å². The van der Waals surface area contributed by atoms with Crippen LogP contribution in [0.15, 0.2) is 18.5 Å². The second kappa shape index (κ2) is 12.6. The Labute approximate surface area is 198 Å². The number of halogens is 2. The molecule has 8 nitrogen and oxygen atoms in total. The van der Waals surface area contributed by atoms with Gasteiger partial charge in [0.25, 0.3) is 0 Å². The highest BCUT2D eigenvalue weighted by Gasteiger charge is 2.21. The summed E-state index contributed by atoms with van der Waals surface area (Å²) in [5, 5.41) is 9.27. The molecule has 0 spiro atoms. The van der Waals surface area contributed by atoms with E-state index in [4.69, 9.17) is 4.74 Å². The fourth-order valence-electron chi connectivity index (χ4n) is 3.40. The normalized spacial score (nSPS) is 19.1. The zero-order chi connectivity index (χ0) is 20.9. The van der Waals surface area contributed by atoms with Crippen molar-refractivity contribution in [2.75, 3.05) is 25.0 Å². The average molecular weight is 492 g/mol. The minimum atomic E-state index is -1.09. The van der Waals surface area contributed by atoms with Crippen molar-refractivity contribution in [3.05, 3.63) is 18.5 Å². The summed E-state index contributed by atoms with van der Waals surface area (Å²) in [5.74, 6) is 0.895. The Morgan fingerprint density at radius 1 is 1.29 bits per heavy atom. The molecule has 1 fully saturated rings. The molecule has 0 saturated carbocycles. The molecule has 2 aromatic heterocycles. The van der Waals surface area contributed by atoms with Gasteiger partial charge >= 0.3 is 6.03 Å². The van der Waals surface area contributed by atoms with E-state index in [2.05, 4.69) is 52.5 Å². The molecule has 0 radical (unpaired) electrons. The molecule has 1 aliphatic rings. The molecule has 176 valence electrons. The number of aromatic nitrogens is 3. The summed E-state index contributed by atoms with van der Waals surface area (Å²) in [6.45, 7) is 12.3.